The first kappa shape index (κ1) is 46.1. The summed E-state index contributed by atoms with van der Waals surface area (Å²) in [5.74, 6) is 1.47. The van der Waals surface area contributed by atoms with Gasteiger partial charge < -0.3 is 28.6 Å². The molecule has 1 spiro atoms. The van der Waals surface area contributed by atoms with Gasteiger partial charge in [-0.3, -0.25) is 0 Å². The molecule has 1 atom stereocenters. The maximum absolute atomic E-state index is 13.5. The molecule has 342 valence electrons. The van der Waals surface area contributed by atoms with Crippen LogP contribution in [0.4, 0.5) is 0 Å². The Morgan fingerprint density at radius 1 is 0.597 bits per heavy atom. The topological polar surface area (TPSA) is 116 Å². The van der Waals surface area contributed by atoms with Crippen LogP contribution in [0.5, 0.6) is 23.0 Å². The van der Waals surface area contributed by atoms with Crippen LogP contribution < -0.4 is 19.1 Å². The summed E-state index contributed by atoms with van der Waals surface area (Å²) in [6.45, 7) is 12.1. The van der Waals surface area contributed by atoms with Crippen molar-refractivity contribution in [2.75, 3.05) is 33.0 Å². The second-order valence-corrected chi connectivity index (χ2v) is 17.0. The van der Waals surface area contributed by atoms with Crippen molar-refractivity contribution in [3.05, 3.63) is 179 Å². The smallest absolute Gasteiger partial charge is 0.336 e. The number of hydrogen-bond donors (Lipinski definition) is 0. The van der Waals surface area contributed by atoms with Crippen molar-refractivity contribution in [3.63, 3.8) is 0 Å². The number of carbonyl (C=O) groups excluding carboxylic acids is 3. The minimum Gasteiger partial charge on any atom is -0.493 e. The van der Waals surface area contributed by atoms with Gasteiger partial charge in [0.25, 0.3) is 0 Å². The highest BCUT2D eigenvalue weighted by molar-refractivity contribution is 5.92. The first-order valence-corrected chi connectivity index (χ1v) is 22.7. The van der Waals surface area contributed by atoms with E-state index in [1.165, 1.54) is 17.2 Å². The van der Waals surface area contributed by atoms with Crippen molar-refractivity contribution in [2.24, 2.45) is 0 Å². The molecule has 0 saturated carbocycles. The number of rotatable bonds is 20. The summed E-state index contributed by atoms with van der Waals surface area (Å²) >= 11 is 0. The lowest BCUT2D eigenvalue weighted by molar-refractivity contribution is -0.196. The van der Waals surface area contributed by atoms with E-state index < -0.39 is 11.9 Å². The first-order valence-electron chi connectivity index (χ1n) is 22.7. The van der Waals surface area contributed by atoms with Crippen molar-refractivity contribution >= 4 is 51.6 Å². The zero-order valence-corrected chi connectivity index (χ0v) is 38.0. The van der Waals surface area contributed by atoms with Crippen LogP contribution in [0.25, 0.3) is 33.7 Å². The minimum atomic E-state index is -0.455. The van der Waals surface area contributed by atoms with Crippen molar-refractivity contribution in [3.8, 4) is 23.0 Å². The Balaban J connectivity index is 0.862. The van der Waals surface area contributed by atoms with Gasteiger partial charge in [0.2, 0.25) is 0 Å². The third-order valence-electron chi connectivity index (χ3n) is 12.0. The maximum Gasteiger partial charge on any atom is 0.336 e. The number of ether oxygens (including phenoxy) is 5. The molecule has 1 unspecified atom stereocenters. The fourth-order valence-corrected chi connectivity index (χ4v) is 8.83. The van der Waals surface area contributed by atoms with E-state index in [0.717, 1.165) is 81.0 Å². The monoisotopic (exact) mass is 898 g/mol. The van der Waals surface area contributed by atoms with Gasteiger partial charge in [-0.15, -0.1) is 0 Å². The number of benzene rings is 6. The molecule has 0 saturated heterocycles. The summed E-state index contributed by atoms with van der Waals surface area (Å²) in [5.41, 5.74) is 6.77. The molecule has 6 aromatic rings. The zero-order chi connectivity index (χ0) is 46.8. The Morgan fingerprint density at radius 3 is 1.67 bits per heavy atom. The molecule has 67 heavy (non-hydrogen) atoms. The predicted octanol–water partition coefficient (Wildman–Crippen LogP) is 11.6. The number of hydrogen-bond acceptors (Lipinski definition) is 10. The molecule has 0 aromatic heterocycles. The molecule has 10 heteroatoms. The molecule has 0 amide bonds. The summed E-state index contributed by atoms with van der Waals surface area (Å²) < 4.78 is 28.2. The lowest BCUT2D eigenvalue weighted by Crippen LogP contribution is -2.24. The van der Waals surface area contributed by atoms with Crippen molar-refractivity contribution < 1.29 is 47.8 Å². The van der Waals surface area contributed by atoms with Gasteiger partial charge in [0.05, 0.1) is 26.4 Å². The third-order valence-corrected chi connectivity index (χ3v) is 12.0. The molecular formula is C57H54O10. The molecule has 0 aliphatic heterocycles. The molecule has 0 N–H and O–H groups in total. The van der Waals surface area contributed by atoms with E-state index in [0.29, 0.717) is 48.7 Å². The highest BCUT2D eigenvalue weighted by Gasteiger charge is 2.49. The maximum atomic E-state index is 13.5. The van der Waals surface area contributed by atoms with Crippen LogP contribution in [0.1, 0.15) is 72.9 Å². The fourth-order valence-electron chi connectivity index (χ4n) is 8.83. The Bertz CT molecular complexity index is 2900. The number of aryl methyl sites for hydroxylation is 2. The quantitative estimate of drug-likeness (QED) is 0.0183. The summed E-state index contributed by atoms with van der Waals surface area (Å²) in [5, 5.41) is 4.13. The van der Waals surface area contributed by atoms with Gasteiger partial charge in [-0.05, 0) is 138 Å². The largest absolute Gasteiger partial charge is 0.493 e. The first-order chi connectivity index (χ1) is 32.6. The van der Waals surface area contributed by atoms with Crippen LogP contribution in [-0.2, 0) is 47.0 Å². The van der Waals surface area contributed by atoms with Crippen LogP contribution in [-0.4, -0.2) is 50.9 Å². The Kier molecular flexibility index (Phi) is 14.6. The van der Waals surface area contributed by atoms with Crippen LogP contribution in [0.2, 0.25) is 0 Å². The van der Waals surface area contributed by atoms with E-state index >= 15 is 0 Å². The van der Waals surface area contributed by atoms with Crippen molar-refractivity contribution in [1.29, 1.82) is 0 Å². The molecule has 10 nitrogen and oxygen atoms in total. The van der Waals surface area contributed by atoms with Crippen LogP contribution in [0, 0.1) is 0 Å². The van der Waals surface area contributed by atoms with Crippen molar-refractivity contribution in [1.82, 2.24) is 0 Å². The molecular weight excluding hydrogens is 845 g/mol. The highest BCUT2D eigenvalue weighted by atomic mass is 17.2. The number of fused-ring (bicyclic) bond motifs is 6. The second kappa shape index (κ2) is 21.3. The molecule has 0 radical (unpaired) electrons. The molecule has 0 heterocycles. The van der Waals surface area contributed by atoms with E-state index in [1.807, 2.05) is 97.1 Å². The SMILES string of the molecule is C=C(C)C(=O)OCCCOc1ccc2cc(/C=C/COOc3cccc4c3C3(CC4)CCc4cccc(OC(=O)/C=C/c5ccc6cc(OCCCOC(=O)C(=C)C)ccc6c5)c43)ccc2c1. The van der Waals surface area contributed by atoms with Gasteiger partial charge in [-0.25, -0.2) is 14.4 Å². The summed E-state index contributed by atoms with van der Waals surface area (Å²) in [7, 11) is 0. The van der Waals surface area contributed by atoms with Crippen LogP contribution >= 0.6 is 0 Å². The summed E-state index contributed by atoms with van der Waals surface area (Å²) in [6, 6.07) is 36.0. The molecule has 0 fully saturated rings. The Hall–Kier alpha value is -7.43. The van der Waals surface area contributed by atoms with Crippen molar-refractivity contribution in [2.45, 2.75) is 57.8 Å². The lowest BCUT2D eigenvalue weighted by atomic mass is 9.76. The average molecular weight is 899 g/mol. The Morgan fingerprint density at radius 2 is 1.10 bits per heavy atom. The third kappa shape index (κ3) is 11.2. The molecule has 0 bridgehead atoms. The molecule has 6 aromatic carbocycles. The predicted molar refractivity (Wildman–Crippen MR) is 260 cm³/mol. The van der Waals surface area contributed by atoms with Crippen LogP contribution in [0.3, 0.4) is 0 Å². The van der Waals surface area contributed by atoms with E-state index in [2.05, 4.69) is 37.4 Å². The summed E-state index contributed by atoms with van der Waals surface area (Å²) in [4.78, 5) is 48.5. The molecule has 8 rings (SSSR count). The zero-order valence-electron chi connectivity index (χ0n) is 38.0. The van der Waals surface area contributed by atoms with E-state index in [-0.39, 0.29) is 31.2 Å². The standard InChI is InChI=1S/C57H54O10/c1-38(2)55(59)63-31-8-29-61-48-22-20-44-34-40(15-18-46(44)36-48)10-7-33-65-67-51-14-6-12-43-26-28-57(54(43)51)27-25-42-11-5-13-50(53(42)57)66-52(58)24-17-41-16-19-47-37-49(23-21-45(47)35-41)62-30-9-32-64-56(60)39(3)4/h5-7,10-24,34-37H,1,3,8-9,25-33H2,2,4H3/b10-7+,24-17+. The lowest BCUT2D eigenvalue weighted by Gasteiger charge is -2.29. The average Bonchev–Trinajstić information content (AvgIpc) is 3.91. The molecule has 2 aliphatic carbocycles. The van der Waals surface area contributed by atoms with Gasteiger partial charge in [-0.1, -0.05) is 86.0 Å². The number of esters is 3. The fraction of sp³-hybridized carbons (Fsp3) is 0.246. The molecule has 2 aliphatic rings. The van der Waals surface area contributed by atoms with Crippen LogP contribution in [0.15, 0.2) is 146 Å². The second-order valence-electron chi connectivity index (χ2n) is 17.0. The van der Waals surface area contributed by atoms with Gasteiger partial charge in [0, 0.05) is 46.6 Å². The van der Waals surface area contributed by atoms with Gasteiger partial charge in [-0.2, -0.15) is 4.89 Å². The van der Waals surface area contributed by atoms with E-state index in [1.54, 1.807) is 19.9 Å². The minimum absolute atomic E-state index is 0.235. The summed E-state index contributed by atoms with van der Waals surface area (Å²) in [6.07, 6.45) is 11.8. The van der Waals surface area contributed by atoms with E-state index in [4.69, 9.17) is 33.5 Å². The number of carbonyl (C=O) groups is 3. The van der Waals surface area contributed by atoms with Gasteiger partial charge in [0.15, 0.2) is 5.75 Å². The van der Waals surface area contributed by atoms with Gasteiger partial charge >= 0.3 is 17.9 Å². The van der Waals surface area contributed by atoms with Gasteiger partial charge in [0.1, 0.15) is 23.9 Å². The van der Waals surface area contributed by atoms with E-state index in [9.17, 15) is 14.4 Å². The Labute approximate surface area is 391 Å². The highest BCUT2D eigenvalue weighted by Crippen LogP contribution is 2.57. The normalized spacial score (nSPS) is 14.9.